The van der Waals surface area contributed by atoms with Gasteiger partial charge in [0.25, 0.3) is 0 Å². The second-order valence-electron chi connectivity index (χ2n) is 6.00. The Balaban J connectivity index is 3.01. The standard InChI is InChI=1S/C17H28N2O3S/c1-6-8-9-14(7-2)17(20)18-15-11-10-13(3)16(12-15)23(21,22)19(4)5/h10-12,14H,6-9H2,1-5H3,(H,18,20). The quantitative estimate of drug-likeness (QED) is 0.789. The zero-order chi connectivity index (χ0) is 17.6. The second kappa shape index (κ2) is 8.45. The highest BCUT2D eigenvalue weighted by atomic mass is 32.2. The molecule has 0 fully saturated rings. The van der Waals surface area contributed by atoms with Crippen molar-refractivity contribution in [3.63, 3.8) is 0 Å². The monoisotopic (exact) mass is 340 g/mol. The van der Waals surface area contributed by atoms with Crippen molar-refractivity contribution in [2.45, 2.75) is 51.3 Å². The topological polar surface area (TPSA) is 66.5 Å². The fraction of sp³-hybridized carbons (Fsp3) is 0.588. The maximum absolute atomic E-state index is 12.4. The Hall–Kier alpha value is -1.40. The highest BCUT2D eigenvalue weighted by Gasteiger charge is 2.21. The van der Waals surface area contributed by atoms with Crippen LogP contribution in [0.5, 0.6) is 0 Å². The molecule has 1 aromatic rings. The highest BCUT2D eigenvalue weighted by Crippen LogP contribution is 2.23. The third-order valence-corrected chi connectivity index (χ3v) is 5.94. The number of benzene rings is 1. The third kappa shape index (κ3) is 5.04. The number of unbranched alkanes of at least 4 members (excludes halogenated alkanes) is 1. The number of nitrogens with zero attached hydrogens (tertiary/aromatic N) is 1. The maximum Gasteiger partial charge on any atom is 0.242 e. The molecule has 0 aromatic heterocycles. The van der Waals surface area contributed by atoms with E-state index in [-0.39, 0.29) is 16.7 Å². The van der Waals surface area contributed by atoms with Gasteiger partial charge in [0.15, 0.2) is 0 Å². The van der Waals surface area contributed by atoms with Crippen LogP contribution in [-0.4, -0.2) is 32.7 Å². The summed E-state index contributed by atoms with van der Waals surface area (Å²) in [6, 6.07) is 5.00. The van der Waals surface area contributed by atoms with Gasteiger partial charge in [0.1, 0.15) is 0 Å². The Kier molecular flexibility index (Phi) is 7.22. The van der Waals surface area contributed by atoms with E-state index in [0.717, 1.165) is 25.7 Å². The number of hydrogen-bond acceptors (Lipinski definition) is 3. The molecule has 1 rings (SSSR count). The van der Waals surface area contributed by atoms with Crippen molar-refractivity contribution in [3.05, 3.63) is 23.8 Å². The molecule has 0 aliphatic rings. The van der Waals surface area contributed by atoms with E-state index in [4.69, 9.17) is 0 Å². The first-order valence-corrected chi connectivity index (χ1v) is 9.52. The van der Waals surface area contributed by atoms with Crippen LogP contribution >= 0.6 is 0 Å². The normalized spacial score (nSPS) is 13.1. The molecule has 0 bridgehead atoms. The van der Waals surface area contributed by atoms with Gasteiger partial charge in [0.05, 0.1) is 4.90 Å². The molecule has 1 atom stereocenters. The van der Waals surface area contributed by atoms with E-state index >= 15 is 0 Å². The molecule has 130 valence electrons. The Labute approximate surface area is 140 Å². The van der Waals surface area contributed by atoms with Gasteiger partial charge in [-0.15, -0.1) is 0 Å². The molecule has 0 spiro atoms. The van der Waals surface area contributed by atoms with E-state index in [1.165, 1.54) is 24.5 Å². The molecule has 0 aliphatic heterocycles. The molecular formula is C17H28N2O3S. The third-order valence-electron chi connectivity index (χ3n) is 3.98. The molecular weight excluding hydrogens is 312 g/mol. The number of anilines is 1. The minimum Gasteiger partial charge on any atom is -0.326 e. The zero-order valence-electron chi connectivity index (χ0n) is 14.7. The summed E-state index contributed by atoms with van der Waals surface area (Å²) >= 11 is 0. The summed E-state index contributed by atoms with van der Waals surface area (Å²) in [6.45, 7) is 5.85. The second-order valence-corrected chi connectivity index (χ2v) is 8.12. The molecule has 1 amide bonds. The number of sulfonamides is 1. The van der Waals surface area contributed by atoms with E-state index in [2.05, 4.69) is 12.2 Å². The van der Waals surface area contributed by atoms with Gasteiger partial charge < -0.3 is 5.32 Å². The fourth-order valence-electron chi connectivity index (χ4n) is 2.37. The molecule has 0 aliphatic carbocycles. The molecule has 5 nitrogen and oxygen atoms in total. The summed E-state index contributed by atoms with van der Waals surface area (Å²) in [5.74, 6) is -0.0804. The summed E-state index contributed by atoms with van der Waals surface area (Å²) in [5.41, 5.74) is 1.19. The number of carbonyl (C=O) groups is 1. The van der Waals surface area contributed by atoms with Crippen LogP contribution in [0.2, 0.25) is 0 Å². The summed E-state index contributed by atoms with van der Waals surface area (Å²) in [7, 11) is -0.528. The number of nitrogens with one attached hydrogen (secondary N) is 1. The zero-order valence-corrected chi connectivity index (χ0v) is 15.5. The van der Waals surface area contributed by atoms with Gasteiger partial charge in [-0.25, -0.2) is 12.7 Å². The van der Waals surface area contributed by atoms with Gasteiger partial charge in [-0.05, 0) is 37.5 Å². The van der Waals surface area contributed by atoms with Crippen molar-refractivity contribution in [2.75, 3.05) is 19.4 Å². The minimum atomic E-state index is -3.52. The van der Waals surface area contributed by atoms with Crippen molar-refractivity contribution >= 4 is 21.6 Å². The molecule has 0 heterocycles. The van der Waals surface area contributed by atoms with Crippen molar-refractivity contribution in [1.82, 2.24) is 4.31 Å². The first kappa shape index (κ1) is 19.6. The molecule has 0 saturated heterocycles. The SMILES string of the molecule is CCCCC(CC)C(=O)Nc1ccc(C)c(S(=O)(=O)N(C)C)c1. The van der Waals surface area contributed by atoms with Gasteiger partial charge in [-0.1, -0.05) is 32.8 Å². The lowest BCUT2D eigenvalue weighted by Gasteiger charge is -2.17. The predicted octanol–water partition coefficient (Wildman–Crippen LogP) is 3.40. The van der Waals surface area contributed by atoms with Gasteiger partial charge in [-0.3, -0.25) is 4.79 Å². The first-order valence-electron chi connectivity index (χ1n) is 8.08. The molecule has 0 radical (unpaired) electrons. The van der Waals surface area contributed by atoms with E-state index in [1.807, 2.05) is 6.92 Å². The lowest BCUT2D eigenvalue weighted by atomic mass is 9.98. The summed E-state index contributed by atoms with van der Waals surface area (Å²) < 4.78 is 25.8. The van der Waals surface area contributed by atoms with E-state index in [9.17, 15) is 13.2 Å². The molecule has 1 aromatic carbocycles. The number of amides is 1. The summed E-state index contributed by atoms with van der Waals surface area (Å²) in [6.07, 6.45) is 3.70. The molecule has 1 unspecified atom stereocenters. The number of carbonyl (C=O) groups excluding carboxylic acids is 1. The maximum atomic E-state index is 12.4. The van der Waals surface area contributed by atoms with Crippen LogP contribution < -0.4 is 5.32 Å². The summed E-state index contributed by atoms with van der Waals surface area (Å²) in [5, 5.41) is 2.86. The lowest BCUT2D eigenvalue weighted by molar-refractivity contribution is -0.120. The van der Waals surface area contributed by atoms with E-state index in [1.54, 1.807) is 19.1 Å². The molecule has 23 heavy (non-hydrogen) atoms. The minimum absolute atomic E-state index is 0.0369. The van der Waals surface area contributed by atoms with Crippen molar-refractivity contribution < 1.29 is 13.2 Å². The molecule has 6 heteroatoms. The fourth-order valence-corrected chi connectivity index (χ4v) is 3.51. The Bertz CT molecular complexity index is 639. The average Bonchev–Trinajstić information content (AvgIpc) is 2.49. The van der Waals surface area contributed by atoms with Crippen LogP contribution in [0.25, 0.3) is 0 Å². The first-order chi connectivity index (χ1) is 10.7. The highest BCUT2D eigenvalue weighted by molar-refractivity contribution is 7.89. The van der Waals surface area contributed by atoms with Gasteiger partial charge in [-0.2, -0.15) is 0 Å². The Morgan fingerprint density at radius 2 is 1.91 bits per heavy atom. The molecule has 1 N–H and O–H groups in total. The Morgan fingerprint density at radius 1 is 1.26 bits per heavy atom. The summed E-state index contributed by atoms with van der Waals surface area (Å²) in [4.78, 5) is 12.6. The lowest BCUT2D eigenvalue weighted by Crippen LogP contribution is -2.24. The Morgan fingerprint density at radius 3 is 2.43 bits per heavy atom. The van der Waals surface area contributed by atoms with E-state index < -0.39 is 10.0 Å². The van der Waals surface area contributed by atoms with Crippen LogP contribution in [0.3, 0.4) is 0 Å². The van der Waals surface area contributed by atoms with Crippen LogP contribution in [-0.2, 0) is 14.8 Å². The molecule has 0 saturated carbocycles. The van der Waals surface area contributed by atoms with Crippen LogP contribution in [0.1, 0.15) is 45.1 Å². The van der Waals surface area contributed by atoms with Crippen molar-refractivity contribution in [1.29, 1.82) is 0 Å². The number of rotatable bonds is 8. The average molecular weight is 340 g/mol. The van der Waals surface area contributed by atoms with Crippen LogP contribution in [0.15, 0.2) is 23.1 Å². The largest absolute Gasteiger partial charge is 0.326 e. The van der Waals surface area contributed by atoms with Gasteiger partial charge in [0.2, 0.25) is 15.9 Å². The van der Waals surface area contributed by atoms with Crippen molar-refractivity contribution in [2.24, 2.45) is 5.92 Å². The van der Waals surface area contributed by atoms with Crippen molar-refractivity contribution in [3.8, 4) is 0 Å². The van der Waals surface area contributed by atoms with E-state index in [0.29, 0.717) is 11.3 Å². The van der Waals surface area contributed by atoms with Crippen LogP contribution in [0.4, 0.5) is 5.69 Å². The van der Waals surface area contributed by atoms with Gasteiger partial charge >= 0.3 is 0 Å². The number of aryl methyl sites for hydroxylation is 1. The smallest absolute Gasteiger partial charge is 0.242 e. The predicted molar refractivity (Wildman–Crippen MR) is 94.0 cm³/mol. The van der Waals surface area contributed by atoms with Gasteiger partial charge in [0, 0.05) is 25.7 Å². The van der Waals surface area contributed by atoms with Crippen LogP contribution in [0, 0.1) is 12.8 Å². The number of hydrogen-bond donors (Lipinski definition) is 1.